The van der Waals surface area contributed by atoms with E-state index in [2.05, 4.69) is 12.0 Å². The molecule has 0 saturated carbocycles. The summed E-state index contributed by atoms with van der Waals surface area (Å²) in [5.74, 6) is 0. The quantitative estimate of drug-likeness (QED) is 0.368. The van der Waals surface area contributed by atoms with Crippen LogP contribution in [0.25, 0.3) is 0 Å². The standard InChI is InChI=1S/C3H4ClOP/c1-2-6(5)3-4/h1,3H2. The van der Waals surface area contributed by atoms with E-state index in [9.17, 15) is 4.89 Å². The molecule has 0 rings (SSSR count). The van der Waals surface area contributed by atoms with Crippen molar-refractivity contribution in [3.8, 4) is 0 Å². The average Bonchev–Trinajstić information content (AvgIpc) is 1.65. The Morgan fingerprint density at radius 2 is 2.50 bits per heavy atom. The van der Waals surface area contributed by atoms with Gasteiger partial charge in [-0.15, -0.1) is 0 Å². The second-order valence-electron chi connectivity index (χ2n) is 0.656. The normalized spacial score (nSPS) is 10.0. The number of halogens is 1. The maximum atomic E-state index is 10.0. The van der Waals surface area contributed by atoms with Crippen LogP contribution in [-0.2, 0) is 0 Å². The van der Waals surface area contributed by atoms with E-state index in [1.54, 1.807) is 0 Å². The van der Waals surface area contributed by atoms with Gasteiger partial charge < -0.3 is 4.89 Å². The first-order valence-corrected chi connectivity index (χ1v) is 3.32. The minimum absolute atomic E-state index is 0.138. The van der Waals surface area contributed by atoms with Crippen molar-refractivity contribution in [1.29, 1.82) is 0 Å². The maximum absolute atomic E-state index is 10.0. The van der Waals surface area contributed by atoms with Crippen LogP contribution in [0.3, 0.4) is 0 Å². The van der Waals surface area contributed by atoms with Crippen molar-refractivity contribution >= 4 is 24.8 Å². The molecule has 6 heavy (non-hydrogen) atoms. The molecule has 1 nitrogen and oxygen atoms in total. The van der Waals surface area contributed by atoms with Crippen LogP contribution in [0.1, 0.15) is 0 Å². The Morgan fingerprint density at radius 1 is 2.00 bits per heavy atom. The van der Waals surface area contributed by atoms with E-state index in [0.29, 0.717) is 0 Å². The Hall–Kier alpha value is 0.200. The molecule has 0 aliphatic rings. The van der Waals surface area contributed by atoms with Crippen molar-refractivity contribution < 1.29 is 4.89 Å². The highest BCUT2D eigenvalue weighted by Crippen LogP contribution is 2.06. The number of hydrogen-bond acceptors (Lipinski definition) is 1. The van der Waals surface area contributed by atoms with Crippen LogP contribution >= 0.6 is 19.4 Å². The molecular weight excluding hydrogens is 118 g/mol. The zero-order valence-electron chi connectivity index (χ0n) is 3.15. The van der Waals surface area contributed by atoms with Gasteiger partial charge in [0, 0.05) is 0 Å². The topological polar surface area (TPSA) is 23.1 Å². The van der Waals surface area contributed by atoms with Crippen LogP contribution in [0.5, 0.6) is 0 Å². The molecule has 1 unspecified atom stereocenters. The summed E-state index contributed by atoms with van der Waals surface area (Å²) in [6.07, 6.45) is 0. The van der Waals surface area contributed by atoms with Crippen molar-refractivity contribution in [3.63, 3.8) is 0 Å². The first-order valence-electron chi connectivity index (χ1n) is 1.34. The third kappa shape index (κ3) is 2.44. The van der Waals surface area contributed by atoms with Gasteiger partial charge in [-0.25, -0.2) is 0 Å². The number of alkyl halides is 1. The van der Waals surface area contributed by atoms with Gasteiger partial charge in [0.25, 0.3) is 0 Å². The summed E-state index contributed by atoms with van der Waals surface area (Å²) >= 11 is 5.07. The fourth-order valence-electron chi connectivity index (χ4n) is 0.0423. The molecule has 0 N–H and O–H groups in total. The lowest BCUT2D eigenvalue weighted by molar-refractivity contribution is -0.151. The molecule has 0 bridgehead atoms. The van der Waals surface area contributed by atoms with Gasteiger partial charge in [-0.2, -0.15) is 0 Å². The van der Waals surface area contributed by atoms with E-state index in [1.165, 1.54) is 0 Å². The molecule has 0 fully saturated rings. The van der Waals surface area contributed by atoms with Gasteiger partial charge in [-0.3, -0.25) is 0 Å². The van der Waals surface area contributed by atoms with Crippen molar-refractivity contribution in [2.24, 2.45) is 0 Å². The first kappa shape index (κ1) is 6.20. The summed E-state index contributed by atoms with van der Waals surface area (Å²) in [6, 6.07) is 0. The highest BCUT2D eigenvalue weighted by Gasteiger charge is 1.80. The Kier molecular flexibility index (Phi) is 3.51. The summed E-state index contributed by atoms with van der Waals surface area (Å²) in [5, 5.41) is 0. The van der Waals surface area contributed by atoms with Crippen LogP contribution in [0.2, 0.25) is 0 Å². The summed E-state index contributed by atoms with van der Waals surface area (Å²) < 4.78 is 0. The molecular formula is C3H4ClOP. The Morgan fingerprint density at radius 3 is 2.50 bits per heavy atom. The lowest BCUT2D eigenvalue weighted by Gasteiger charge is -1.78. The summed E-state index contributed by atoms with van der Waals surface area (Å²) in [5.41, 5.74) is 2.38. The van der Waals surface area contributed by atoms with E-state index in [-0.39, 0.29) is 5.62 Å². The van der Waals surface area contributed by atoms with Crippen LogP contribution < -0.4 is 4.89 Å². The second-order valence-corrected chi connectivity index (χ2v) is 2.69. The maximum Gasteiger partial charge on any atom is 0.184 e. The molecule has 3 heteroatoms. The lowest BCUT2D eigenvalue weighted by Crippen LogP contribution is -1.84. The third-order valence-corrected chi connectivity index (χ3v) is 1.51. The molecule has 0 saturated heterocycles. The van der Waals surface area contributed by atoms with Gasteiger partial charge in [0.05, 0.1) is 5.45 Å². The number of hydrogen-bond donors (Lipinski definition) is 0. The van der Waals surface area contributed by atoms with Crippen molar-refractivity contribution in [2.45, 2.75) is 0 Å². The lowest BCUT2D eigenvalue weighted by atomic mass is 11.3. The van der Waals surface area contributed by atoms with E-state index in [0.717, 1.165) is 0 Å². The first-order chi connectivity index (χ1) is 2.81. The summed E-state index contributed by atoms with van der Waals surface area (Å²) in [6.45, 7) is 3.14. The zero-order valence-corrected chi connectivity index (χ0v) is 4.80. The largest absolute Gasteiger partial charge is 0.622 e. The predicted molar refractivity (Wildman–Crippen MR) is 28.3 cm³/mol. The van der Waals surface area contributed by atoms with Gasteiger partial charge in [0.1, 0.15) is 7.77 Å². The van der Waals surface area contributed by atoms with Crippen LogP contribution in [0.4, 0.5) is 0 Å². The van der Waals surface area contributed by atoms with E-state index in [1.807, 2.05) is 0 Å². The van der Waals surface area contributed by atoms with Crippen molar-refractivity contribution in [1.82, 2.24) is 0 Å². The second kappa shape index (κ2) is 3.39. The van der Waals surface area contributed by atoms with Crippen LogP contribution in [-0.4, -0.2) is 11.1 Å². The molecule has 0 spiro atoms. The fourth-order valence-corrected chi connectivity index (χ4v) is 0.380. The highest BCUT2D eigenvalue weighted by molar-refractivity contribution is 7.51. The highest BCUT2D eigenvalue weighted by atomic mass is 35.5. The van der Waals surface area contributed by atoms with Crippen LogP contribution in [0, 0.1) is 0 Å². The summed E-state index contributed by atoms with van der Waals surface area (Å²) in [4.78, 5) is 10.0. The Bertz CT molecular complexity index is 84.8. The molecule has 0 aromatic carbocycles. The van der Waals surface area contributed by atoms with Gasteiger partial charge in [0.15, 0.2) is 5.62 Å². The van der Waals surface area contributed by atoms with Gasteiger partial charge >= 0.3 is 0 Å². The molecule has 0 heterocycles. The molecule has 0 aliphatic carbocycles. The van der Waals surface area contributed by atoms with E-state index in [4.69, 9.17) is 11.6 Å². The van der Waals surface area contributed by atoms with E-state index < -0.39 is 7.77 Å². The average molecular weight is 122 g/mol. The fraction of sp³-hybridized carbons (Fsp3) is 0.333. The minimum Gasteiger partial charge on any atom is -0.622 e. The SMILES string of the molecule is C=C=[P+]([O-])CCl. The Labute approximate surface area is 42.7 Å². The number of rotatable bonds is 1. The Balaban J connectivity index is 3.52. The molecule has 0 aromatic rings. The van der Waals surface area contributed by atoms with E-state index >= 15 is 0 Å². The van der Waals surface area contributed by atoms with Crippen LogP contribution in [0.15, 0.2) is 6.58 Å². The monoisotopic (exact) mass is 122 g/mol. The van der Waals surface area contributed by atoms with Gasteiger partial charge in [-0.05, 0) is 6.58 Å². The minimum atomic E-state index is -1.42. The molecule has 34 valence electrons. The van der Waals surface area contributed by atoms with Crippen molar-refractivity contribution in [2.75, 3.05) is 5.62 Å². The van der Waals surface area contributed by atoms with Crippen molar-refractivity contribution in [3.05, 3.63) is 6.58 Å². The molecule has 0 aromatic heterocycles. The molecule has 1 atom stereocenters. The molecule has 0 aliphatic heterocycles. The van der Waals surface area contributed by atoms with Gasteiger partial charge in [0.2, 0.25) is 0 Å². The zero-order chi connectivity index (χ0) is 4.99. The predicted octanol–water partition coefficient (Wildman–Crippen LogP) is 0.527. The third-order valence-electron chi connectivity index (χ3n) is 0.285. The smallest absolute Gasteiger partial charge is 0.184 e. The summed E-state index contributed by atoms with van der Waals surface area (Å²) in [7, 11) is -1.42. The van der Waals surface area contributed by atoms with Gasteiger partial charge in [-0.1, -0.05) is 11.6 Å². The molecule has 0 radical (unpaired) electrons. The molecule has 0 amide bonds.